The predicted octanol–water partition coefficient (Wildman–Crippen LogP) is 3.78. The highest BCUT2D eigenvalue weighted by atomic mass is 14.0. The zero-order valence-corrected chi connectivity index (χ0v) is 8.49. The van der Waals surface area contributed by atoms with E-state index in [1.807, 2.05) is 0 Å². The fourth-order valence-corrected chi connectivity index (χ4v) is 2.12. The summed E-state index contributed by atoms with van der Waals surface area (Å²) < 4.78 is 0. The Balaban J connectivity index is 2.00. The molecule has 1 heteroatoms. The van der Waals surface area contributed by atoms with Gasteiger partial charge in [-0.05, 0) is 0 Å². The SMILES string of the molecule is B1CCCCCCCCCCC1. The van der Waals surface area contributed by atoms with Crippen LogP contribution in [0.15, 0.2) is 0 Å². The standard InChI is InChI=1S/C11H23B/c1-2-4-6-8-10-12-11-9-7-5-3-1/h12H,1-11H2. The average Bonchev–Trinajstić information content (AvgIpc) is 2.05. The maximum atomic E-state index is 1.50. The van der Waals surface area contributed by atoms with E-state index in [9.17, 15) is 0 Å². The van der Waals surface area contributed by atoms with Gasteiger partial charge in [0.1, 0.15) is 7.28 Å². The first-order valence-electron chi connectivity index (χ1n) is 6.00. The van der Waals surface area contributed by atoms with E-state index in [1.165, 1.54) is 77.7 Å². The molecule has 0 unspecified atom stereocenters. The van der Waals surface area contributed by atoms with Crippen molar-refractivity contribution in [3.63, 3.8) is 0 Å². The molecule has 70 valence electrons. The van der Waals surface area contributed by atoms with Crippen LogP contribution < -0.4 is 0 Å². The molecule has 0 aromatic heterocycles. The van der Waals surface area contributed by atoms with Gasteiger partial charge < -0.3 is 0 Å². The van der Waals surface area contributed by atoms with Crippen LogP contribution in [0.5, 0.6) is 0 Å². The fraction of sp³-hybridized carbons (Fsp3) is 1.00. The molecule has 0 aromatic rings. The first kappa shape index (κ1) is 10.1. The lowest BCUT2D eigenvalue weighted by Crippen LogP contribution is -1.91. The normalized spacial score (nSPS) is 23.3. The largest absolute Gasteiger partial charge is 0.120 e. The van der Waals surface area contributed by atoms with Crippen LogP contribution in [-0.4, -0.2) is 7.28 Å². The fourth-order valence-electron chi connectivity index (χ4n) is 2.12. The van der Waals surface area contributed by atoms with E-state index >= 15 is 0 Å². The van der Waals surface area contributed by atoms with Crippen molar-refractivity contribution in [3.8, 4) is 0 Å². The lowest BCUT2D eigenvalue weighted by molar-refractivity contribution is 0.567. The summed E-state index contributed by atoms with van der Waals surface area (Å²) in [7, 11) is 1.50. The zero-order valence-electron chi connectivity index (χ0n) is 8.49. The van der Waals surface area contributed by atoms with Crippen LogP contribution in [0.1, 0.15) is 57.8 Å². The summed E-state index contributed by atoms with van der Waals surface area (Å²) in [6.45, 7) is 0. The van der Waals surface area contributed by atoms with Gasteiger partial charge >= 0.3 is 0 Å². The predicted molar refractivity (Wildman–Crippen MR) is 58.3 cm³/mol. The molecule has 1 aliphatic rings. The molecule has 0 saturated carbocycles. The van der Waals surface area contributed by atoms with Crippen LogP contribution >= 0.6 is 0 Å². The molecule has 0 radical (unpaired) electrons. The minimum Gasteiger partial charge on any atom is -0.0774 e. The Kier molecular flexibility index (Phi) is 6.51. The van der Waals surface area contributed by atoms with Crippen LogP contribution in [0.3, 0.4) is 0 Å². The van der Waals surface area contributed by atoms with Gasteiger partial charge in [-0.3, -0.25) is 0 Å². The van der Waals surface area contributed by atoms with E-state index in [4.69, 9.17) is 0 Å². The summed E-state index contributed by atoms with van der Waals surface area (Å²) in [4.78, 5) is 0. The maximum Gasteiger partial charge on any atom is 0.120 e. The van der Waals surface area contributed by atoms with Crippen LogP contribution in [0, 0.1) is 0 Å². The zero-order chi connectivity index (χ0) is 8.49. The molecular formula is C11H23B. The molecule has 0 aliphatic carbocycles. The molecule has 1 rings (SSSR count). The summed E-state index contributed by atoms with van der Waals surface area (Å²) in [6.07, 6.45) is 16.5. The topological polar surface area (TPSA) is 0 Å². The van der Waals surface area contributed by atoms with Crippen LogP contribution in [0.4, 0.5) is 0 Å². The third-order valence-electron chi connectivity index (χ3n) is 3.00. The van der Waals surface area contributed by atoms with Crippen molar-refractivity contribution in [2.75, 3.05) is 0 Å². The molecule has 0 aromatic carbocycles. The Morgan fingerprint density at radius 1 is 0.417 bits per heavy atom. The van der Waals surface area contributed by atoms with E-state index in [0.717, 1.165) is 0 Å². The Bertz CT molecular complexity index is 48.0. The average molecular weight is 166 g/mol. The Labute approximate surface area is 78.4 Å². The van der Waals surface area contributed by atoms with Gasteiger partial charge in [-0.1, -0.05) is 70.4 Å². The van der Waals surface area contributed by atoms with Gasteiger partial charge in [0.15, 0.2) is 0 Å². The second kappa shape index (κ2) is 7.70. The summed E-state index contributed by atoms with van der Waals surface area (Å²) in [5, 5.41) is 0. The van der Waals surface area contributed by atoms with Gasteiger partial charge in [0.05, 0.1) is 0 Å². The molecular weight excluding hydrogens is 143 g/mol. The van der Waals surface area contributed by atoms with E-state index in [0.29, 0.717) is 0 Å². The molecule has 0 nitrogen and oxygen atoms in total. The van der Waals surface area contributed by atoms with Crippen molar-refractivity contribution in [1.29, 1.82) is 0 Å². The smallest absolute Gasteiger partial charge is 0.0774 e. The minimum absolute atomic E-state index is 1.50. The summed E-state index contributed by atoms with van der Waals surface area (Å²) >= 11 is 0. The minimum atomic E-state index is 1.50. The molecule has 1 heterocycles. The van der Waals surface area contributed by atoms with E-state index in [1.54, 1.807) is 0 Å². The van der Waals surface area contributed by atoms with Gasteiger partial charge in [-0.25, -0.2) is 0 Å². The summed E-state index contributed by atoms with van der Waals surface area (Å²) in [6, 6.07) is 0. The first-order valence-corrected chi connectivity index (χ1v) is 6.00. The number of hydrogen-bond donors (Lipinski definition) is 0. The van der Waals surface area contributed by atoms with Gasteiger partial charge in [-0.15, -0.1) is 0 Å². The Hall–Kier alpha value is 0.0649. The van der Waals surface area contributed by atoms with Crippen LogP contribution in [0.25, 0.3) is 0 Å². The molecule has 1 aliphatic heterocycles. The van der Waals surface area contributed by atoms with E-state index in [2.05, 4.69) is 0 Å². The highest BCUT2D eigenvalue weighted by Crippen LogP contribution is 2.13. The Morgan fingerprint density at radius 2 is 0.750 bits per heavy atom. The van der Waals surface area contributed by atoms with Crippen molar-refractivity contribution >= 4 is 7.28 Å². The van der Waals surface area contributed by atoms with Crippen molar-refractivity contribution < 1.29 is 0 Å². The second-order valence-electron chi connectivity index (χ2n) is 4.24. The molecule has 1 saturated heterocycles. The molecule has 0 amide bonds. The second-order valence-corrected chi connectivity index (χ2v) is 4.24. The van der Waals surface area contributed by atoms with Crippen molar-refractivity contribution in [2.24, 2.45) is 0 Å². The Morgan fingerprint density at radius 3 is 1.17 bits per heavy atom. The monoisotopic (exact) mass is 166 g/mol. The van der Waals surface area contributed by atoms with Crippen LogP contribution in [-0.2, 0) is 0 Å². The summed E-state index contributed by atoms with van der Waals surface area (Å²) in [5.41, 5.74) is 0. The van der Waals surface area contributed by atoms with Crippen molar-refractivity contribution in [2.45, 2.75) is 70.4 Å². The molecule has 1 fully saturated rings. The highest BCUT2D eigenvalue weighted by Gasteiger charge is 1.97. The summed E-state index contributed by atoms with van der Waals surface area (Å²) in [5.74, 6) is 0. The van der Waals surface area contributed by atoms with Gasteiger partial charge in [0.25, 0.3) is 0 Å². The van der Waals surface area contributed by atoms with E-state index < -0.39 is 0 Å². The number of hydrogen-bond acceptors (Lipinski definition) is 0. The number of rotatable bonds is 0. The van der Waals surface area contributed by atoms with Gasteiger partial charge in [0, 0.05) is 0 Å². The third kappa shape index (κ3) is 5.68. The molecule has 0 bridgehead atoms. The van der Waals surface area contributed by atoms with E-state index in [-0.39, 0.29) is 0 Å². The lowest BCUT2D eigenvalue weighted by Gasteiger charge is -2.04. The molecule has 12 heavy (non-hydrogen) atoms. The molecule has 0 atom stereocenters. The third-order valence-corrected chi connectivity index (χ3v) is 3.00. The highest BCUT2D eigenvalue weighted by molar-refractivity contribution is 6.35. The quantitative estimate of drug-likeness (QED) is 0.480. The maximum absolute atomic E-state index is 1.50. The molecule has 0 spiro atoms. The van der Waals surface area contributed by atoms with Gasteiger partial charge in [-0.2, -0.15) is 0 Å². The lowest BCUT2D eigenvalue weighted by atomic mass is 9.68. The van der Waals surface area contributed by atoms with Crippen molar-refractivity contribution in [1.82, 2.24) is 0 Å². The van der Waals surface area contributed by atoms with Crippen molar-refractivity contribution in [3.05, 3.63) is 0 Å². The molecule has 0 N–H and O–H groups in total. The first-order chi connectivity index (χ1) is 6.00. The van der Waals surface area contributed by atoms with Crippen LogP contribution in [0.2, 0.25) is 12.6 Å². The van der Waals surface area contributed by atoms with Gasteiger partial charge in [0.2, 0.25) is 0 Å².